The zero-order valence-corrected chi connectivity index (χ0v) is 18.5. The summed E-state index contributed by atoms with van der Waals surface area (Å²) in [6.07, 6.45) is 2.86. The van der Waals surface area contributed by atoms with Gasteiger partial charge in [0.2, 0.25) is 5.91 Å². The van der Waals surface area contributed by atoms with Crippen molar-refractivity contribution in [2.24, 2.45) is 0 Å². The first-order valence-corrected chi connectivity index (χ1v) is 10.4. The van der Waals surface area contributed by atoms with E-state index in [1.165, 1.54) is 6.08 Å². The molecule has 0 saturated carbocycles. The van der Waals surface area contributed by atoms with Crippen LogP contribution in [0.25, 0.3) is 6.08 Å². The van der Waals surface area contributed by atoms with Gasteiger partial charge in [-0.1, -0.05) is 72.3 Å². The molecule has 0 aromatic heterocycles. The first-order valence-electron chi connectivity index (χ1n) is 9.62. The van der Waals surface area contributed by atoms with Crippen molar-refractivity contribution in [2.75, 3.05) is 0 Å². The second-order valence-corrected chi connectivity index (χ2v) is 7.34. The van der Waals surface area contributed by atoms with Crippen LogP contribution in [0.1, 0.15) is 21.5 Å². The fourth-order valence-electron chi connectivity index (χ4n) is 2.66. The van der Waals surface area contributed by atoms with Gasteiger partial charge >= 0.3 is 0 Å². The standard InChI is InChI=1S/C24H20ClN3O3S/c25-20-12-6-4-10-18(20)14-15-22(29)26-24(32)28-27-23(30)19-11-5-7-13-21(19)31-16-17-8-2-1-3-9-17/h1-15H,16H2,(H,27,30)(H2,26,28,29,32). The largest absolute Gasteiger partial charge is 0.488 e. The van der Waals surface area contributed by atoms with Crippen LogP contribution < -0.4 is 20.9 Å². The molecule has 0 atom stereocenters. The highest BCUT2D eigenvalue weighted by Gasteiger charge is 2.13. The van der Waals surface area contributed by atoms with E-state index in [4.69, 9.17) is 28.6 Å². The van der Waals surface area contributed by atoms with Crippen LogP contribution in [0.15, 0.2) is 84.9 Å². The molecule has 0 radical (unpaired) electrons. The number of halogens is 1. The minimum absolute atomic E-state index is 0.0603. The lowest BCUT2D eigenvalue weighted by Gasteiger charge is -2.13. The van der Waals surface area contributed by atoms with E-state index in [9.17, 15) is 9.59 Å². The third-order valence-corrected chi connectivity index (χ3v) is 4.76. The Morgan fingerprint density at radius 2 is 1.59 bits per heavy atom. The summed E-state index contributed by atoms with van der Waals surface area (Å²) in [5, 5.41) is 2.91. The SMILES string of the molecule is O=C(C=Cc1ccccc1Cl)NC(=S)NNC(=O)c1ccccc1OCc1ccccc1. The number of carbonyl (C=O) groups is 2. The van der Waals surface area contributed by atoms with Crippen molar-refractivity contribution in [3.05, 3.63) is 107 Å². The molecule has 0 fully saturated rings. The van der Waals surface area contributed by atoms with Gasteiger partial charge in [-0.3, -0.25) is 25.8 Å². The minimum atomic E-state index is -0.469. The van der Waals surface area contributed by atoms with Crippen LogP contribution in [0, 0.1) is 0 Å². The number of nitrogens with one attached hydrogen (secondary N) is 3. The van der Waals surface area contributed by atoms with Crippen LogP contribution >= 0.6 is 23.8 Å². The van der Waals surface area contributed by atoms with Gasteiger partial charge < -0.3 is 4.74 Å². The highest BCUT2D eigenvalue weighted by Crippen LogP contribution is 2.19. The lowest BCUT2D eigenvalue weighted by atomic mass is 10.2. The first-order chi connectivity index (χ1) is 15.5. The number of ether oxygens (including phenoxy) is 1. The molecule has 8 heteroatoms. The summed E-state index contributed by atoms with van der Waals surface area (Å²) < 4.78 is 5.79. The molecule has 6 nitrogen and oxygen atoms in total. The number of para-hydroxylation sites is 1. The Hall–Kier alpha value is -3.68. The predicted molar refractivity (Wildman–Crippen MR) is 129 cm³/mol. The van der Waals surface area contributed by atoms with Crippen LogP contribution in [0.2, 0.25) is 5.02 Å². The zero-order chi connectivity index (χ0) is 22.8. The summed E-state index contributed by atoms with van der Waals surface area (Å²) in [4.78, 5) is 24.6. The summed E-state index contributed by atoms with van der Waals surface area (Å²) in [6.45, 7) is 0.324. The van der Waals surface area contributed by atoms with Crippen molar-refractivity contribution >= 4 is 46.8 Å². The number of hydrogen-bond donors (Lipinski definition) is 3. The van der Waals surface area contributed by atoms with Crippen LogP contribution in [-0.2, 0) is 11.4 Å². The molecule has 2 amide bonds. The maximum atomic E-state index is 12.6. The molecule has 3 N–H and O–H groups in total. The number of hydrogen-bond acceptors (Lipinski definition) is 4. The smallest absolute Gasteiger partial charge is 0.273 e. The normalized spacial score (nSPS) is 10.4. The number of benzene rings is 3. The van der Waals surface area contributed by atoms with E-state index < -0.39 is 11.8 Å². The number of amides is 2. The predicted octanol–water partition coefficient (Wildman–Crippen LogP) is 4.27. The molecule has 0 aliphatic heterocycles. The maximum absolute atomic E-state index is 12.6. The summed E-state index contributed by atoms with van der Waals surface area (Å²) >= 11 is 11.1. The van der Waals surface area contributed by atoms with Crippen LogP contribution in [-0.4, -0.2) is 16.9 Å². The molecule has 0 aliphatic carbocycles. The molecule has 3 aromatic rings. The van der Waals surface area contributed by atoms with Crippen molar-refractivity contribution in [1.82, 2.24) is 16.2 Å². The van der Waals surface area contributed by atoms with E-state index in [1.54, 1.807) is 48.5 Å². The van der Waals surface area contributed by atoms with Gasteiger partial charge in [-0.05, 0) is 47.6 Å². The third-order valence-electron chi connectivity index (χ3n) is 4.21. The van der Waals surface area contributed by atoms with Gasteiger partial charge in [0.1, 0.15) is 12.4 Å². The second kappa shape index (κ2) is 11.6. The Balaban J connectivity index is 1.51. The highest BCUT2D eigenvalue weighted by molar-refractivity contribution is 7.80. The molecule has 0 heterocycles. The van der Waals surface area contributed by atoms with Crippen LogP contribution in [0.4, 0.5) is 0 Å². The lowest BCUT2D eigenvalue weighted by molar-refractivity contribution is -0.115. The summed E-state index contributed by atoms with van der Waals surface area (Å²) in [5.41, 5.74) is 6.96. The Bertz CT molecular complexity index is 1140. The van der Waals surface area contributed by atoms with Gasteiger partial charge in [0.25, 0.3) is 5.91 Å². The average Bonchev–Trinajstić information content (AvgIpc) is 2.81. The molecule has 0 saturated heterocycles. The first kappa shape index (κ1) is 23.0. The van der Waals surface area contributed by atoms with Crippen molar-refractivity contribution < 1.29 is 14.3 Å². The molecule has 32 heavy (non-hydrogen) atoms. The molecule has 0 aliphatic rings. The monoisotopic (exact) mass is 465 g/mol. The van der Waals surface area contributed by atoms with Crippen molar-refractivity contribution in [1.29, 1.82) is 0 Å². The van der Waals surface area contributed by atoms with Gasteiger partial charge in [-0.2, -0.15) is 0 Å². The molecule has 162 valence electrons. The Labute approximate surface area is 196 Å². The summed E-state index contributed by atoms with van der Waals surface area (Å²) in [7, 11) is 0. The van der Waals surface area contributed by atoms with Gasteiger partial charge in [0, 0.05) is 11.1 Å². The summed E-state index contributed by atoms with van der Waals surface area (Å²) in [5.74, 6) is -0.506. The second-order valence-electron chi connectivity index (χ2n) is 6.52. The molecule has 3 rings (SSSR count). The molecule has 0 bridgehead atoms. The average molecular weight is 466 g/mol. The van der Waals surface area contributed by atoms with E-state index in [2.05, 4.69) is 16.2 Å². The van der Waals surface area contributed by atoms with E-state index in [0.717, 1.165) is 5.56 Å². The quantitative estimate of drug-likeness (QED) is 0.288. The topological polar surface area (TPSA) is 79.5 Å². The fraction of sp³-hybridized carbons (Fsp3) is 0.0417. The number of thiocarbonyl (C=S) groups is 1. The van der Waals surface area contributed by atoms with Crippen molar-refractivity contribution in [2.45, 2.75) is 6.61 Å². The highest BCUT2D eigenvalue weighted by atomic mass is 35.5. The number of hydrazine groups is 1. The van der Waals surface area contributed by atoms with Crippen LogP contribution in [0.3, 0.4) is 0 Å². The summed E-state index contributed by atoms with van der Waals surface area (Å²) in [6, 6.07) is 23.6. The molecular weight excluding hydrogens is 446 g/mol. The number of carbonyl (C=O) groups excluding carboxylic acids is 2. The fourth-order valence-corrected chi connectivity index (χ4v) is 3.01. The van der Waals surface area contributed by atoms with E-state index in [1.807, 2.05) is 36.4 Å². The van der Waals surface area contributed by atoms with Crippen molar-refractivity contribution in [3.63, 3.8) is 0 Å². The molecule has 3 aromatic carbocycles. The molecule has 0 spiro atoms. The van der Waals surface area contributed by atoms with E-state index in [0.29, 0.717) is 28.5 Å². The Morgan fingerprint density at radius 1 is 0.906 bits per heavy atom. The Kier molecular flexibility index (Phi) is 8.36. The van der Waals surface area contributed by atoms with E-state index >= 15 is 0 Å². The Morgan fingerprint density at radius 3 is 2.38 bits per heavy atom. The zero-order valence-electron chi connectivity index (χ0n) is 16.9. The third kappa shape index (κ3) is 6.94. The van der Waals surface area contributed by atoms with Crippen LogP contribution in [0.5, 0.6) is 5.75 Å². The molecular formula is C24H20ClN3O3S. The van der Waals surface area contributed by atoms with Gasteiger partial charge in [-0.25, -0.2) is 0 Å². The van der Waals surface area contributed by atoms with Crippen molar-refractivity contribution in [3.8, 4) is 5.75 Å². The van der Waals surface area contributed by atoms with Gasteiger partial charge in [0.15, 0.2) is 5.11 Å². The lowest BCUT2D eigenvalue weighted by Crippen LogP contribution is -2.48. The van der Waals surface area contributed by atoms with Gasteiger partial charge in [-0.15, -0.1) is 0 Å². The molecule has 0 unspecified atom stereocenters. The van der Waals surface area contributed by atoms with E-state index in [-0.39, 0.29) is 5.11 Å². The minimum Gasteiger partial charge on any atom is -0.488 e. The number of rotatable bonds is 6. The maximum Gasteiger partial charge on any atom is 0.273 e. The van der Waals surface area contributed by atoms with Gasteiger partial charge in [0.05, 0.1) is 5.56 Å².